The summed E-state index contributed by atoms with van der Waals surface area (Å²) in [6.45, 7) is 1.98. The number of rotatable bonds is 2. The van der Waals surface area contributed by atoms with Gasteiger partial charge in [0.2, 0.25) is 0 Å². The van der Waals surface area contributed by atoms with E-state index in [0.29, 0.717) is 5.69 Å². The van der Waals surface area contributed by atoms with Crippen LogP contribution in [0.3, 0.4) is 0 Å². The zero-order valence-corrected chi connectivity index (χ0v) is 7.81. The van der Waals surface area contributed by atoms with Crippen molar-refractivity contribution in [1.29, 1.82) is 0 Å². The van der Waals surface area contributed by atoms with E-state index >= 15 is 0 Å². The summed E-state index contributed by atoms with van der Waals surface area (Å²) in [7, 11) is 0. The van der Waals surface area contributed by atoms with Gasteiger partial charge in [-0.1, -0.05) is 13.0 Å². The first-order valence-corrected chi connectivity index (χ1v) is 4.46. The molecule has 4 heteroatoms. The molecule has 0 saturated carbocycles. The molecule has 0 saturated heterocycles. The second-order valence-electron chi connectivity index (χ2n) is 2.94. The predicted molar refractivity (Wildman–Crippen MR) is 50.7 cm³/mol. The zero-order valence-electron chi connectivity index (χ0n) is 7.81. The van der Waals surface area contributed by atoms with Crippen LogP contribution in [0.5, 0.6) is 0 Å². The van der Waals surface area contributed by atoms with Gasteiger partial charge in [0.1, 0.15) is 12.1 Å². The molecule has 0 aliphatic heterocycles. The maximum atomic E-state index is 12.9. The standard InChI is InChI=1S/C10H10FN3/c1-2-10-12-7-14(13-10)9-5-3-4-8(11)6-9/h3-7H,2H2,1H3. The Balaban J connectivity index is 2.39. The number of hydrogen-bond donors (Lipinski definition) is 0. The van der Waals surface area contributed by atoms with E-state index in [-0.39, 0.29) is 5.82 Å². The minimum atomic E-state index is -0.268. The Morgan fingerprint density at radius 3 is 2.93 bits per heavy atom. The van der Waals surface area contributed by atoms with Crippen LogP contribution >= 0.6 is 0 Å². The molecule has 0 atom stereocenters. The molecule has 72 valence electrons. The Kier molecular flexibility index (Phi) is 2.26. The second kappa shape index (κ2) is 3.57. The van der Waals surface area contributed by atoms with Crippen LogP contribution < -0.4 is 0 Å². The van der Waals surface area contributed by atoms with Gasteiger partial charge in [0, 0.05) is 6.42 Å². The van der Waals surface area contributed by atoms with E-state index in [4.69, 9.17) is 0 Å². The molecule has 0 radical (unpaired) electrons. The number of hydrogen-bond acceptors (Lipinski definition) is 2. The SMILES string of the molecule is CCc1ncn(-c2cccc(F)c2)n1. The fraction of sp³-hybridized carbons (Fsp3) is 0.200. The maximum absolute atomic E-state index is 12.9. The molecule has 2 rings (SSSR count). The van der Waals surface area contributed by atoms with Gasteiger partial charge in [-0.3, -0.25) is 0 Å². The van der Waals surface area contributed by atoms with Gasteiger partial charge in [-0.25, -0.2) is 14.1 Å². The molecule has 0 unspecified atom stereocenters. The van der Waals surface area contributed by atoms with Crippen molar-refractivity contribution >= 4 is 0 Å². The van der Waals surface area contributed by atoms with Gasteiger partial charge < -0.3 is 0 Å². The lowest BCUT2D eigenvalue weighted by Gasteiger charge is -1.98. The highest BCUT2D eigenvalue weighted by atomic mass is 19.1. The summed E-state index contributed by atoms with van der Waals surface area (Å²) in [6.07, 6.45) is 2.37. The summed E-state index contributed by atoms with van der Waals surface area (Å²) in [6, 6.07) is 6.27. The fourth-order valence-corrected chi connectivity index (χ4v) is 1.20. The highest BCUT2D eigenvalue weighted by Crippen LogP contribution is 2.08. The van der Waals surface area contributed by atoms with Gasteiger partial charge in [0.25, 0.3) is 0 Å². The normalized spacial score (nSPS) is 10.4. The van der Waals surface area contributed by atoms with E-state index in [2.05, 4.69) is 10.1 Å². The topological polar surface area (TPSA) is 30.7 Å². The third-order valence-corrected chi connectivity index (χ3v) is 1.93. The average molecular weight is 191 g/mol. The van der Waals surface area contributed by atoms with Gasteiger partial charge >= 0.3 is 0 Å². The Hall–Kier alpha value is -1.71. The largest absolute Gasteiger partial charge is 0.221 e. The van der Waals surface area contributed by atoms with Crippen LogP contribution in [-0.2, 0) is 6.42 Å². The van der Waals surface area contributed by atoms with Gasteiger partial charge in [0.15, 0.2) is 5.82 Å². The fourth-order valence-electron chi connectivity index (χ4n) is 1.20. The number of benzene rings is 1. The Morgan fingerprint density at radius 1 is 1.43 bits per heavy atom. The summed E-state index contributed by atoms with van der Waals surface area (Å²) >= 11 is 0. The number of halogens is 1. The molecule has 0 N–H and O–H groups in total. The van der Waals surface area contributed by atoms with Gasteiger partial charge in [-0.2, -0.15) is 5.10 Å². The summed E-state index contributed by atoms with van der Waals surface area (Å²) in [5.74, 6) is 0.491. The lowest BCUT2D eigenvalue weighted by Crippen LogP contribution is -1.95. The molecule has 1 heterocycles. The molecule has 0 fully saturated rings. The smallest absolute Gasteiger partial charge is 0.150 e. The zero-order chi connectivity index (χ0) is 9.97. The quantitative estimate of drug-likeness (QED) is 0.726. The van der Waals surface area contributed by atoms with Crippen LogP contribution in [0.15, 0.2) is 30.6 Å². The lowest BCUT2D eigenvalue weighted by molar-refractivity contribution is 0.625. The highest BCUT2D eigenvalue weighted by molar-refractivity contribution is 5.30. The molecule has 2 aromatic rings. The summed E-state index contributed by atoms with van der Waals surface area (Å²) < 4.78 is 14.5. The predicted octanol–water partition coefficient (Wildman–Crippen LogP) is 1.97. The Labute approximate surface area is 81.2 Å². The van der Waals surface area contributed by atoms with Crippen LogP contribution in [0.4, 0.5) is 4.39 Å². The molecular formula is C10H10FN3. The van der Waals surface area contributed by atoms with E-state index in [0.717, 1.165) is 12.2 Å². The molecule has 1 aromatic carbocycles. The van der Waals surface area contributed by atoms with Gasteiger partial charge in [-0.15, -0.1) is 0 Å². The first-order chi connectivity index (χ1) is 6.79. The molecule has 0 spiro atoms. The minimum Gasteiger partial charge on any atom is -0.221 e. The minimum absolute atomic E-state index is 0.268. The van der Waals surface area contributed by atoms with Crippen molar-refractivity contribution in [1.82, 2.24) is 14.8 Å². The monoisotopic (exact) mass is 191 g/mol. The van der Waals surface area contributed by atoms with E-state index in [1.807, 2.05) is 6.92 Å². The van der Waals surface area contributed by atoms with Crippen LogP contribution in [0.1, 0.15) is 12.7 Å². The molecule has 3 nitrogen and oxygen atoms in total. The van der Waals surface area contributed by atoms with Crippen molar-refractivity contribution in [3.63, 3.8) is 0 Å². The van der Waals surface area contributed by atoms with Crippen molar-refractivity contribution in [2.45, 2.75) is 13.3 Å². The van der Waals surface area contributed by atoms with E-state index < -0.39 is 0 Å². The Morgan fingerprint density at radius 2 is 2.29 bits per heavy atom. The van der Waals surface area contributed by atoms with Crippen molar-refractivity contribution in [2.24, 2.45) is 0 Å². The molecular weight excluding hydrogens is 181 g/mol. The number of aromatic nitrogens is 3. The van der Waals surface area contributed by atoms with E-state index in [1.54, 1.807) is 23.1 Å². The van der Waals surface area contributed by atoms with Crippen LogP contribution in [-0.4, -0.2) is 14.8 Å². The summed E-state index contributed by atoms with van der Waals surface area (Å²) in [5, 5.41) is 4.18. The molecule has 0 bridgehead atoms. The van der Waals surface area contributed by atoms with Gasteiger partial charge in [0.05, 0.1) is 5.69 Å². The maximum Gasteiger partial charge on any atom is 0.150 e. The van der Waals surface area contributed by atoms with Crippen molar-refractivity contribution < 1.29 is 4.39 Å². The first-order valence-electron chi connectivity index (χ1n) is 4.46. The lowest BCUT2D eigenvalue weighted by atomic mass is 10.3. The third kappa shape index (κ3) is 1.64. The molecule has 0 amide bonds. The summed E-state index contributed by atoms with van der Waals surface area (Å²) in [4.78, 5) is 4.07. The van der Waals surface area contributed by atoms with Crippen LogP contribution in [0, 0.1) is 5.82 Å². The van der Waals surface area contributed by atoms with Crippen molar-refractivity contribution in [3.8, 4) is 5.69 Å². The van der Waals surface area contributed by atoms with Crippen molar-refractivity contribution in [3.05, 3.63) is 42.2 Å². The third-order valence-electron chi connectivity index (χ3n) is 1.93. The first kappa shape index (κ1) is 8.87. The molecule has 0 aliphatic carbocycles. The summed E-state index contributed by atoms with van der Waals surface area (Å²) in [5.41, 5.74) is 0.692. The van der Waals surface area contributed by atoms with Crippen molar-refractivity contribution in [2.75, 3.05) is 0 Å². The number of aryl methyl sites for hydroxylation is 1. The highest BCUT2D eigenvalue weighted by Gasteiger charge is 2.01. The molecule has 0 aliphatic rings. The average Bonchev–Trinajstić information content (AvgIpc) is 2.66. The Bertz CT molecular complexity index is 436. The van der Waals surface area contributed by atoms with Crippen LogP contribution in [0.2, 0.25) is 0 Å². The second-order valence-corrected chi connectivity index (χ2v) is 2.94. The molecule has 14 heavy (non-hydrogen) atoms. The van der Waals surface area contributed by atoms with E-state index in [9.17, 15) is 4.39 Å². The number of nitrogens with zero attached hydrogens (tertiary/aromatic N) is 3. The van der Waals surface area contributed by atoms with E-state index in [1.165, 1.54) is 12.1 Å². The van der Waals surface area contributed by atoms with Gasteiger partial charge in [-0.05, 0) is 18.2 Å². The molecule has 1 aromatic heterocycles. The van der Waals surface area contributed by atoms with Crippen LogP contribution in [0.25, 0.3) is 5.69 Å².